The Balaban J connectivity index is 2.50. The van der Waals surface area contributed by atoms with Gasteiger partial charge in [0.2, 0.25) is 6.41 Å². The van der Waals surface area contributed by atoms with Crippen LogP contribution < -0.4 is 11.1 Å². The first-order valence-corrected chi connectivity index (χ1v) is 6.07. The number of hydrogen-bond acceptors (Lipinski definition) is 4. The molecule has 1 rings (SSSR count). The van der Waals surface area contributed by atoms with E-state index >= 15 is 0 Å². The van der Waals surface area contributed by atoms with Crippen LogP contribution in [-0.4, -0.2) is 36.2 Å². The highest BCUT2D eigenvalue weighted by atomic mass is 19.1. The fourth-order valence-corrected chi connectivity index (χ4v) is 1.45. The van der Waals surface area contributed by atoms with Crippen LogP contribution >= 0.6 is 0 Å². The predicted octanol–water partition coefficient (Wildman–Crippen LogP) is -0.224. The first-order chi connectivity index (χ1) is 9.58. The minimum Gasteiger partial charge on any atom is -0.344 e. The van der Waals surface area contributed by atoms with Crippen molar-refractivity contribution in [2.45, 2.75) is 13.0 Å². The maximum absolute atomic E-state index is 12.7. The highest BCUT2D eigenvalue weighted by Crippen LogP contribution is 2.02. The monoisotopic (exact) mass is 281 g/mol. The molecule has 0 unspecified atom stereocenters. The number of hydrogen-bond donors (Lipinski definition) is 2. The van der Waals surface area contributed by atoms with Crippen molar-refractivity contribution in [2.24, 2.45) is 5.73 Å². The molecular formula is C13H16FN3O3. The zero-order valence-electron chi connectivity index (χ0n) is 10.8. The summed E-state index contributed by atoms with van der Waals surface area (Å²) in [7, 11) is 0. The van der Waals surface area contributed by atoms with Crippen LogP contribution in [0.2, 0.25) is 0 Å². The van der Waals surface area contributed by atoms with E-state index in [0.29, 0.717) is 24.9 Å². The highest BCUT2D eigenvalue weighted by molar-refractivity contribution is 6.36. The first-order valence-electron chi connectivity index (χ1n) is 6.07. The number of nitrogens with two attached hydrogens (primary N) is 1. The van der Waals surface area contributed by atoms with Gasteiger partial charge >= 0.3 is 11.8 Å². The molecule has 7 heteroatoms. The predicted molar refractivity (Wildman–Crippen MR) is 69.7 cm³/mol. The van der Waals surface area contributed by atoms with Crippen molar-refractivity contribution in [3.8, 4) is 0 Å². The average molecular weight is 281 g/mol. The topological polar surface area (TPSA) is 92.5 Å². The average Bonchev–Trinajstić information content (AvgIpc) is 2.46. The quantitative estimate of drug-likeness (QED) is 0.557. The van der Waals surface area contributed by atoms with Gasteiger partial charge in [-0.1, -0.05) is 12.1 Å². The van der Waals surface area contributed by atoms with Gasteiger partial charge in [0.1, 0.15) is 5.82 Å². The van der Waals surface area contributed by atoms with E-state index in [-0.39, 0.29) is 18.9 Å². The summed E-state index contributed by atoms with van der Waals surface area (Å²) in [6.45, 7) is 0.492. The molecule has 108 valence electrons. The zero-order chi connectivity index (χ0) is 15.0. The van der Waals surface area contributed by atoms with Gasteiger partial charge in [-0.3, -0.25) is 19.3 Å². The molecular weight excluding hydrogens is 265 g/mol. The Labute approximate surface area is 115 Å². The zero-order valence-corrected chi connectivity index (χ0v) is 10.8. The summed E-state index contributed by atoms with van der Waals surface area (Å²) < 4.78 is 12.7. The smallest absolute Gasteiger partial charge is 0.318 e. The number of carbonyl (C=O) groups is 3. The van der Waals surface area contributed by atoms with Gasteiger partial charge in [-0.2, -0.15) is 0 Å². The lowest BCUT2D eigenvalue weighted by Crippen LogP contribution is -2.42. The van der Waals surface area contributed by atoms with Gasteiger partial charge in [-0.05, 0) is 30.7 Å². The molecule has 0 aliphatic rings. The largest absolute Gasteiger partial charge is 0.344 e. The Hall–Kier alpha value is -2.28. The Morgan fingerprint density at radius 2 is 1.95 bits per heavy atom. The number of nitrogens with one attached hydrogen (secondary N) is 1. The van der Waals surface area contributed by atoms with E-state index in [2.05, 4.69) is 5.32 Å². The second-order valence-corrected chi connectivity index (χ2v) is 4.06. The van der Waals surface area contributed by atoms with Crippen molar-refractivity contribution in [3.63, 3.8) is 0 Å². The summed E-state index contributed by atoms with van der Waals surface area (Å²) in [5.41, 5.74) is 5.92. The fourth-order valence-electron chi connectivity index (χ4n) is 1.45. The Morgan fingerprint density at radius 3 is 2.50 bits per heavy atom. The second kappa shape index (κ2) is 8.00. The molecule has 3 N–H and O–H groups in total. The number of halogens is 1. The van der Waals surface area contributed by atoms with Crippen molar-refractivity contribution >= 4 is 18.2 Å². The van der Waals surface area contributed by atoms with E-state index in [1.54, 1.807) is 0 Å². The normalized spacial score (nSPS) is 9.90. The van der Waals surface area contributed by atoms with Crippen LogP contribution in [0.15, 0.2) is 24.3 Å². The second-order valence-electron chi connectivity index (χ2n) is 4.06. The van der Waals surface area contributed by atoms with E-state index < -0.39 is 11.8 Å². The van der Waals surface area contributed by atoms with Crippen LogP contribution in [0, 0.1) is 5.82 Å². The number of imide groups is 1. The molecule has 0 aliphatic carbocycles. The van der Waals surface area contributed by atoms with Gasteiger partial charge in [0, 0.05) is 13.1 Å². The molecule has 0 radical (unpaired) electrons. The third kappa shape index (κ3) is 4.77. The summed E-state index contributed by atoms with van der Waals surface area (Å²) >= 11 is 0. The molecule has 20 heavy (non-hydrogen) atoms. The molecule has 1 aromatic carbocycles. The van der Waals surface area contributed by atoms with Crippen molar-refractivity contribution in [2.75, 3.05) is 13.1 Å². The fraction of sp³-hybridized carbons (Fsp3) is 0.308. The lowest BCUT2D eigenvalue weighted by atomic mass is 10.2. The van der Waals surface area contributed by atoms with E-state index in [9.17, 15) is 18.8 Å². The molecule has 0 aromatic heterocycles. The summed E-state index contributed by atoms with van der Waals surface area (Å²) in [5, 5.41) is 2.37. The van der Waals surface area contributed by atoms with Crippen molar-refractivity contribution < 1.29 is 18.8 Å². The number of amides is 3. The lowest BCUT2D eigenvalue weighted by Gasteiger charge is -2.14. The van der Waals surface area contributed by atoms with Crippen molar-refractivity contribution in [3.05, 3.63) is 35.6 Å². The van der Waals surface area contributed by atoms with Gasteiger partial charge < -0.3 is 11.1 Å². The SMILES string of the molecule is NCCCN(C=O)C(=O)C(=O)NCc1ccc(F)cc1. The van der Waals surface area contributed by atoms with Gasteiger partial charge in [-0.15, -0.1) is 0 Å². The van der Waals surface area contributed by atoms with E-state index in [1.807, 2.05) is 0 Å². The molecule has 6 nitrogen and oxygen atoms in total. The van der Waals surface area contributed by atoms with E-state index in [4.69, 9.17) is 5.73 Å². The van der Waals surface area contributed by atoms with Crippen LogP contribution in [0.5, 0.6) is 0 Å². The molecule has 0 spiro atoms. The Kier molecular flexibility index (Phi) is 6.31. The van der Waals surface area contributed by atoms with Crippen molar-refractivity contribution in [1.29, 1.82) is 0 Å². The minimum absolute atomic E-state index is 0.0778. The van der Waals surface area contributed by atoms with Crippen LogP contribution in [0.4, 0.5) is 4.39 Å². The highest BCUT2D eigenvalue weighted by Gasteiger charge is 2.20. The number of rotatable bonds is 6. The Bertz CT molecular complexity index is 476. The standard InChI is InChI=1S/C13H16FN3O3/c14-11-4-2-10(3-5-11)8-16-12(19)13(20)17(9-18)7-1-6-15/h2-5,9H,1,6-8,15H2,(H,16,19). The molecule has 0 atom stereocenters. The maximum atomic E-state index is 12.7. The Morgan fingerprint density at radius 1 is 1.30 bits per heavy atom. The molecule has 3 amide bonds. The summed E-state index contributed by atoms with van der Waals surface area (Å²) in [5.74, 6) is -2.21. The molecule has 0 saturated heterocycles. The molecule has 0 bridgehead atoms. The molecule has 0 saturated carbocycles. The van der Waals surface area contributed by atoms with Crippen LogP contribution in [-0.2, 0) is 20.9 Å². The van der Waals surface area contributed by atoms with Gasteiger partial charge in [0.15, 0.2) is 0 Å². The van der Waals surface area contributed by atoms with Gasteiger partial charge in [-0.25, -0.2) is 4.39 Å². The van der Waals surface area contributed by atoms with Crippen LogP contribution in [0.25, 0.3) is 0 Å². The molecule has 1 aromatic rings. The molecule has 0 fully saturated rings. The summed E-state index contributed by atoms with van der Waals surface area (Å²) in [4.78, 5) is 34.7. The van der Waals surface area contributed by atoms with Gasteiger partial charge in [0.25, 0.3) is 0 Å². The van der Waals surface area contributed by atoms with Gasteiger partial charge in [0.05, 0.1) is 0 Å². The number of nitrogens with zero attached hydrogens (tertiary/aromatic N) is 1. The first kappa shape index (κ1) is 15.8. The third-order valence-electron chi connectivity index (χ3n) is 2.55. The molecule has 0 heterocycles. The van der Waals surface area contributed by atoms with Crippen LogP contribution in [0.3, 0.4) is 0 Å². The van der Waals surface area contributed by atoms with E-state index in [1.165, 1.54) is 24.3 Å². The van der Waals surface area contributed by atoms with Crippen molar-refractivity contribution in [1.82, 2.24) is 10.2 Å². The van der Waals surface area contributed by atoms with Crippen LogP contribution in [0.1, 0.15) is 12.0 Å². The number of benzene rings is 1. The lowest BCUT2D eigenvalue weighted by molar-refractivity contribution is -0.148. The maximum Gasteiger partial charge on any atom is 0.318 e. The third-order valence-corrected chi connectivity index (χ3v) is 2.55. The number of carbonyl (C=O) groups excluding carboxylic acids is 3. The molecule has 0 aliphatic heterocycles. The van der Waals surface area contributed by atoms with E-state index in [0.717, 1.165) is 4.90 Å². The summed E-state index contributed by atoms with van der Waals surface area (Å²) in [6.07, 6.45) is 0.727. The minimum atomic E-state index is -0.935. The summed E-state index contributed by atoms with van der Waals surface area (Å²) in [6, 6.07) is 5.49.